The summed E-state index contributed by atoms with van der Waals surface area (Å²) in [5.41, 5.74) is 2.10. The molecule has 0 spiro atoms. The van der Waals surface area contributed by atoms with Crippen LogP contribution < -0.4 is 5.32 Å². The summed E-state index contributed by atoms with van der Waals surface area (Å²) in [5.74, 6) is 0.249. The number of amidine groups is 1. The summed E-state index contributed by atoms with van der Waals surface area (Å²) < 4.78 is 1.58. The topological polar surface area (TPSA) is 72.2 Å². The molecule has 2 heterocycles. The number of carbonyl (C=O) groups excluding carboxylic acids is 1. The number of pyridine rings is 1. The first-order chi connectivity index (χ1) is 10.1. The van der Waals surface area contributed by atoms with Gasteiger partial charge in [0.15, 0.2) is 5.69 Å². The Bertz CT molecular complexity index is 630. The molecule has 1 amide bonds. The van der Waals surface area contributed by atoms with Crippen LogP contribution in [0.2, 0.25) is 0 Å². The van der Waals surface area contributed by atoms with E-state index in [1.54, 1.807) is 49.4 Å². The van der Waals surface area contributed by atoms with E-state index < -0.39 is 0 Å². The van der Waals surface area contributed by atoms with Crippen LogP contribution >= 0.6 is 0 Å². The monoisotopic (exact) mass is 287 g/mol. The molecule has 0 aromatic carbocycles. The third-order valence-electron chi connectivity index (χ3n) is 2.52. The molecule has 2 rings (SSSR count). The summed E-state index contributed by atoms with van der Waals surface area (Å²) >= 11 is 0. The van der Waals surface area contributed by atoms with Crippen LogP contribution in [0, 0.1) is 6.92 Å². The van der Waals surface area contributed by atoms with E-state index in [9.17, 15) is 4.79 Å². The molecule has 0 saturated heterocycles. The molecule has 21 heavy (non-hydrogen) atoms. The van der Waals surface area contributed by atoms with Gasteiger partial charge in [-0.05, 0) is 31.5 Å². The predicted molar refractivity (Wildman–Crippen MR) is 83.8 cm³/mol. The van der Waals surface area contributed by atoms with Crippen molar-refractivity contribution in [2.45, 2.75) is 27.7 Å². The van der Waals surface area contributed by atoms with Crippen LogP contribution in [0.4, 0.5) is 5.69 Å². The van der Waals surface area contributed by atoms with Gasteiger partial charge in [-0.3, -0.25) is 14.5 Å². The largest absolute Gasteiger partial charge is 0.309 e. The molecule has 0 aliphatic rings. The molecular weight excluding hydrogens is 266 g/mol. The van der Waals surface area contributed by atoms with Gasteiger partial charge in [-0.1, -0.05) is 13.8 Å². The Kier molecular flexibility index (Phi) is 6.26. The number of rotatable bonds is 2. The maximum Gasteiger partial charge on any atom is 0.277 e. The second-order valence-corrected chi connectivity index (χ2v) is 4.19. The van der Waals surface area contributed by atoms with Crippen LogP contribution in [-0.2, 0) is 7.05 Å². The highest BCUT2D eigenvalue weighted by Crippen LogP contribution is 2.15. The molecule has 0 unspecified atom stereocenters. The zero-order valence-corrected chi connectivity index (χ0v) is 13.1. The van der Waals surface area contributed by atoms with Crippen molar-refractivity contribution in [1.29, 1.82) is 0 Å². The first kappa shape index (κ1) is 16.6. The predicted octanol–water partition coefficient (Wildman–Crippen LogP) is 2.63. The van der Waals surface area contributed by atoms with E-state index in [4.69, 9.17) is 0 Å². The number of hydrogen-bond acceptors (Lipinski definition) is 4. The lowest BCUT2D eigenvalue weighted by Gasteiger charge is -2.04. The van der Waals surface area contributed by atoms with Crippen LogP contribution in [-0.4, -0.2) is 26.5 Å². The van der Waals surface area contributed by atoms with Crippen molar-refractivity contribution < 1.29 is 4.79 Å². The molecule has 0 atom stereocenters. The minimum atomic E-state index is -0.270. The van der Waals surface area contributed by atoms with E-state index in [1.807, 2.05) is 20.8 Å². The highest BCUT2D eigenvalue weighted by atomic mass is 16.2. The zero-order valence-electron chi connectivity index (χ0n) is 13.1. The van der Waals surface area contributed by atoms with Gasteiger partial charge >= 0.3 is 0 Å². The summed E-state index contributed by atoms with van der Waals surface area (Å²) in [6, 6.07) is 3.45. The maximum atomic E-state index is 11.9. The fourth-order valence-corrected chi connectivity index (χ4v) is 1.56. The molecule has 0 radical (unpaired) electrons. The quantitative estimate of drug-likeness (QED) is 0.681. The Morgan fingerprint density at radius 2 is 2.05 bits per heavy atom. The Balaban J connectivity index is 0.00000106. The van der Waals surface area contributed by atoms with E-state index in [0.717, 1.165) is 11.3 Å². The van der Waals surface area contributed by atoms with Crippen LogP contribution in [0.3, 0.4) is 0 Å². The van der Waals surface area contributed by atoms with Crippen molar-refractivity contribution in [1.82, 2.24) is 20.1 Å². The molecule has 1 N–H and O–H groups in total. The summed E-state index contributed by atoms with van der Waals surface area (Å²) in [6.45, 7) is 7.65. The normalized spacial score (nSPS) is 10.6. The van der Waals surface area contributed by atoms with Gasteiger partial charge in [0.05, 0.1) is 5.69 Å². The Morgan fingerprint density at radius 1 is 1.33 bits per heavy atom. The average molecular weight is 287 g/mol. The van der Waals surface area contributed by atoms with Gasteiger partial charge in [0.1, 0.15) is 5.84 Å². The molecule has 6 nitrogen and oxygen atoms in total. The second kappa shape index (κ2) is 7.94. The van der Waals surface area contributed by atoms with E-state index in [-0.39, 0.29) is 5.91 Å². The summed E-state index contributed by atoms with van der Waals surface area (Å²) in [7, 11) is 1.76. The molecule has 6 heteroatoms. The van der Waals surface area contributed by atoms with E-state index in [2.05, 4.69) is 20.4 Å². The van der Waals surface area contributed by atoms with Crippen molar-refractivity contribution in [2.24, 2.45) is 12.0 Å². The lowest BCUT2D eigenvalue weighted by Crippen LogP contribution is -2.28. The van der Waals surface area contributed by atoms with Crippen molar-refractivity contribution in [3.8, 4) is 0 Å². The first-order valence-electron chi connectivity index (χ1n) is 6.83. The minimum absolute atomic E-state index is 0.270. The number of aliphatic imine (C=N–C) groups is 1. The van der Waals surface area contributed by atoms with Crippen molar-refractivity contribution in [2.75, 3.05) is 0 Å². The van der Waals surface area contributed by atoms with Gasteiger partial charge in [0.2, 0.25) is 0 Å². The zero-order chi connectivity index (χ0) is 15.8. The van der Waals surface area contributed by atoms with E-state index in [1.165, 1.54) is 0 Å². The van der Waals surface area contributed by atoms with Gasteiger partial charge in [-0.2, -0.15) is 5.10 Å². The number of amides is 1. The first-order valence-corrected chi connectivity index (χ1v) is 6.83. The van der Waals surface area contributed by atoms with E-state index in [0.29, 0.717) is 11.5 Å². The number of aromatic nitrogens is 3. The standard InChI is InChI=1S/C13H15N5O.C2H6/c1-9-8-14-6-4-11(9)15-10(2)16-13(19)12-5-7-18(3)17-12;1-2/h4-8H,1-3H3,(H,14,15,16,19);1-2H3. The number of nitrogens with zero attached hydrogens (tertiary/aromatic N) is 4. The van der Waals surface area contributed by atoms with Crippen molar-refractivity contribution in [3.05, 3.63) is 42.0 Å². The van der Waals surface area contributed by atoms with Gasteiger partial charge in [0, 0.05) is 25.6 Å². The molecule has 0 fully saturated rings. The van der Waals surface area contributed by atoms with Crippen LogP contribution in [0.15, 0.2) is 35.7 Å². The SMILES string of the molecule is CC.CC(=Nc1ccncc1C)NC(=O)c1ccn(C)n1. The fraction of sp³-hybridized carbons (Fsp3) is 0.333. The Hall–Kier alpha value is -2.50. The number of carbonyl (C=O) groups is 1. The molecule has 0 bridgehead atoms. The summed E-state index contributed by atoms with van der Waals surface area (Å²) in [5, 5.41) is 6.73. The fourth-order valence-electron chi connectivity index (χ4n) is 1.56. The van der Waals surface area contributed by atoms with Crippen LogP contribution in [0.5, 0.6) is 0 Å². The molecule has 0 saturated carbocycles. The van der Waals surface area contributed by atoms with Gasteiger partial charge in [-0.25, -0.2) is 4.99 Å². The molecule has 2 aromatic rings. The van der Waals surface area contributed by atoms with Crippen LogP contribution in [0.1, 0.15) is 36.8 Å². The summed E-state index contributed by atoms with van der Waals surface area (Å²) in [4.78, 5) is 20.2. The molecule has 112 valence electrons. The molecular formula is C15H21N5O. The van der Waals surface area contributed by atoms with Crippen LogP contribution in [0.25, 0.3) is 0 Å². The Morgan fingerprint density at radius 3 is 2.62 bits per heavy atom. The van der Waals surface area contributed by atoms with Gasteiger partial charge in [0.25, 0.3) is 5.91 Å². The number of nitrogens with one attached hydrogen (secondary N) is 1. The Labute approximate surface area is 124 Å². The average Bonchev–Trinajstić information content (AvgIpc) is 2.90. The number of hydrogen-bond donors (Lipinski definition) is 1. The maximum absolute atomic E-state index is 11.9. The molecule has 0 aliphatic carbocycles. The highest BCUT2D eigenvalue weighted by Gasteiger charge is 2.09. The number of aryl methyl sites for hydroxylation is 2. The van der Waals surface area contributed by atoms with Crippen molar-refractivity contribution >= 4 is 17.4 Å². The lowest BCUT2D eigenvalue weighted by molar-refractivity contribution is 0.0971. The van der Waals surface area contributed by atoms with Gasteiger partial charge in [-0.15, -0.1) is 0 Å². The summed E-state index contributed by atoms with van der Waals surface area (Å²) in [6.07, 6.45) is 5.11. The van der Waals surface area contributed by atoms with Gasteiger partial charge < -0.3 is 5.32 Å². The third-order valence-corrected chi connectivity index (χ3v) is 2.52. The second-order valence-electron chi connectivity index (χ2n) is 4.19. The minimum Gasteiger partial charge on any atom is -0.309 e. The van der Waals surface area contributed by atoms with E-state index >= 15 is 0 Å². The smallest absolute Gasteiger partial charge is 0.277 e. The third kappa shape index (κ3) is 4.83. The highest BCUT2D eigenvalue weighted by molar-refractivity contribution is 6.05. The van der Waals surface area contributed by atoms with Crippen molar-refractivity contribution in [3.63, 3.8) is 0 Å². The lowest BCUT2D eigenvalue weighted by atomic mass is 10.3. The molecule has 2 aromatic heterocycles. The molecule has 0 aliphatic heterocycles.